The highest BCUT2D eigenvalue weighted by Crippen LogP contribution is 2.42. The van der Waals surface area contributed by atoms with Crippen molar-refractivity contribution in [2.45, 2.75) is 22.7 Å². The van der Waals surface area contributed by atoms with Crippen molar-refractivity contribution in [2.75, 3.05) is 30.3 Å². The zero-order chi connectivity index (χ0) is 20.6. The third-order valence-electron chi connectivity index (χ3n) is 4.90. The van der Waals surface area contributed by atoms with E-state index in [-0.39, 0.29) is 16.3 Å². The smallest absolute Gasteiger partial charge is 0.281 e. The molecule has 0 radical (unpaired) electrons. The van der Waals surface area contributed by atoms with Crippen LogP contribution in [0.3, 0.4) is 0 Å². The molecule has 10 heteroatoms. The number of aliphatic imine (C=N–C) groups is 1. The fourth-order valence-electron chi connectivity index (χ4n) is 3.39. The number of methoxy groups -OCH3 is 1. The molecule has 0 fully saturated rings. The quantitative estimate of drug-likeness (QED) is 0.697. The number of sulfonamides is 1. The van der Waals surface area contributed by atoms with Crippen LogP contribution in [0.25, 0.3) is 0 Å². The zero-order valence-electron chi connectivity index (χ0n) is 15.9. The van der Waals surface area contributed by atoms with Gasteiger partial charge in [0.2, 0.25) is 0 Å². The largest absolute Gasteiger partial charge is 0.497 e. The molecule has 8 nitrogen and oxygen atoms in total. The molecule has 4 rings (SSSR count). The van der Waals surface area contributed by atoms with Gasteiger partial charge in [0.25, 0.3) is 10.0 Å². The summed E-state index contributed by atoms with van der Waals surface area (Å²) >= 11 is 1.45. The molecule has 29 heavy (non-hydrogen) atoms. The van der Waals surface area contributed by atoms with Crippen LogP contribution in [-0.4, -0.2) is 56.7 Å². The van der Waals surface area contributed by atoms with Gasteiger partial charge in [0.1, 0.15) is 12.0 Å². The molecule has 2 aliphatic heterocycles. The number of anilines is 2. The zero-order valence-corrected chi connectivity index (χ0v) is 17.5. The van der Waals surface area contributed by atoms with Crippen molar-refractivity contribution in [3.63, 3.8) is 0 Å². The number of aldehydes is 1. The summed E-state index contributed by atoms with van der Waals surface area (Å²) in [6, 6.07) is 8.25. The predicted molar refractivity (Wildman–Crippen MR) is 114 cm³/mol. The van der Waals surface area contributed by atoms with Gasteiger partial charge in [-0.15, -0.1) is 0 Å². The van der Waals surface area contributed by atoms with E-state index in [2.05, 4.69) is 15.3 Å². The van der Waals surface area contributed by atoms with Gasteiger partial charge in [-0.25, -0.2) is 4.98 Å². The first kappa shape index (κ1) is 19.7. The summed E-state index contributed by atoms with van der Waals surface area (Å²) in [4.78, 5) is 19.5. The maximum Gasteiger partial charge on any atom is 0.281 e. The number of carbonyl (C=O) groups is 1. The average Bonchev–Trinajstić information content (AvgIpc) is 3.39. The molecule has 0 saturated heterocycles. The van der Waals surface area contributed by atoms with Gasteiger partial charge in [-0.3, -0.25) is 9.30 Å². The lowest BCUT2D eigenvalue weighted by Crippen LogP contribution is -2.29. The third kappa shape index (κ3) is 3.58. The minimum Gasteiger partial charge on any atom is -0.497 e. The van der Waals surface area contributed by atoms with E-state index in [1.54, 1.807) is 25.3 Å². The van der Waals surface area contributed by atoms with Crippen molar-refractivity contribution in [1.29, 1.82) is 0 Å². The lowest BCUT2D eigenvalue weighted by molar-refractivity contribution is -0.107. The highest BCUT2D eigenvalue weighted by Gasteiger charge is 2.34. The van der Waals surface area contributed by atoms with Crippen LogP contribution in [0.4, 0.5) is 11.4 Å². The highest BCUT2D eigenvalue weighted by molar-refractivity contribution is 8.15. The second-order valence-corrected chi connectivity index (χ2v) is 9.87. The van der Waals surface area contributed by atoms with Crippen molar-refractivity contribution >= 4 is 44.5 Å². The first-order chi connectivity index (χ1) is 13.9. The Bertz CT molecular complexity index is 1070. The van der Waals surface area contributed by atoms with Crippen LogP contribution < -0.4 is 14.4 Å². The number of aromatic nitrogens is 1. The first-order valence-corrected chi connectivity index (χ1v) is 11.3. The topological polar surface area (TPSA) is 101 Å². The monoisotopic (exact) mass is 432 g/mol. The molecular weight excluding hydrogens is 412 g/mol. The van der Waals surface area contributed by atoms with E-state index >= 15 is 0 Å². The number of nitrogens with zero attached hydrogens (tertiary/aromatic N) is 3. The number of hydrogen-bond donors (Lipinski definition) is 1. The van der Waals surface area contributed by atoms with Gasteiger partial charge in [-0.05, 0) is 23.8 Å². The summed E-state index contributed by atoms with van der Waals surface area (Å²) in [5.41, 5.74) is 2.13. The standard InChI is InChI=1S/C19H20N4O4S2/c1-23(29(25,26)17-5-3-4-6-20-17)16-9-13(27-2)7-12-8-15(22-18(12)16)19-21-10-14(11-24)28-19/h3-7,9,11,14-15,22H,8,10H2,1-2H3. The summed E-state index contributed by atoms with van der Waals surface area (Å²) in [5.74, 6) is 0.566. The van der Waals surface area contributed by atoms with E-state index in [1.807, 2.05) is 6.07 Å². The number of ether oxygens (including phenoxy) is 1. The van der Waals surface area contributed by atoms with Crippen LogP contribution in [0.5, 0.6) is 5.75 Å². The average molecular weight is 433 g/mol. The van der Waals surface area contributed by atoms with Crippen LogP contribution in [0.1, 0.15) is 5.56 Å². The Balaban J connectivity index is 1.70. The lowest BCUT2D eigenvalue weighted by Gasteiger charge is -2.23. The number of carbonyl (C=O) groups excluding carboxylic acids is 1. The van der Waals surface area contributed by atoms with Crippen LogP contribution in [0, 0.1) is 0 Å². The van der Waals surface area contributed by atoms with Crippen molar-refractivity contribution in [1.82, 2.24) is 4.98 Å². The summed E-state index contributed by atoms with van der Waals surface area (Å²) in [7, 11) is -0.799. The maximum atomic E-state index is 13.1. The van der Waals surface area contributed by atoms with E-state index in [0.717, 1.165) is 22.6 Å². The Morgan fingerprint density at radius 3 is 2.83 bits per heavy atom. The lowest BCUT2D eigenvalue weighted by atomic mass is 10.1. The van der Waals surface area contributed by atoms with Gasteiger partial charge in [-0.1, -0.05) is 17.8 Å². The molecule has 1 aromatic carbocycles. The molecule has 0 spiro atoms. The number of fused-ring (bicyclic) bond motifs is 1. The van der Waals surface area contributed by atoms with Gasteiger partial charge in [0.05, 0.1) is 41.4 Å². The van der Waals surface area contributed by atoms with E-state index in [1.165, 1.54) is 35.4 Å². The molecular formula is C19H20N4O4S2. The normalized spacial score (nSPS) is 20.6. The summed E-state index contributed by atoms with van der Waals surface area (Å²) in [6.45, 7) is 0.474. The Labute approximate surface area is 173 Å². The van der Waals surface area contributed by atoms with Gasteiger partial charge in [0.15, 0.2) is 5.03 Å². The Kier molecular flexibility index (Phi) is 5.22. The van der Waals surface area contributed by atoms with Crippen molar-refractivity contribution in [3.05, 3.63) is 42.1 Å². The molecule has 2 atom stereocenters. The molecule has 152 valence electrons. The summed E-state index contributed by atoms with van der Waals surface area (Å²) in [5, 5.41) is 4.07. The number of hydrogen-bond acceptors (Lipinski definition) is 8. The van der Waals surface area contributed by atoms with E-state index in [9.17, 15) is 13.2 Å². The molecule has 2 aliphatic rings. The Hall–Kier alpha value is -2.59. The summed E-state index contributed by atoms with van der Waals surface area (Å²) < 4.78 is 32.8. The van der Waals surface area contributed by atoms with Crippen LogP contribution in [0.2, 0.25) is 0 Å². The molecule has 2 aromatic rings. The number of nitrogens with one attached hydrogen (secondary N) is 1. The van der Waals surface area contributed by atoms with E-state index in [4.69, 9.17) is 4.74 Å². The fraction of sp³-hybridized carbons (Fsp3) is 0.316. The fourth-order valence-corrected chi connectivity index (χ4v) is 5.49. The minimum atomic E-state index is -3.84. The van der Waals surface area contributed by atoms with Gasteiger partial charge < -0.3 is 14.8 Å². The number of thioether (sulfide) groups is 1. The number of pyridine rings is 1. The van der Waals surface area contributed by atoms with Crippen LogP contribution in [-0.2, 0) is 21.2 Å². The second-order valence-electron chi connectivity index (χ2n) is 6.69. The summed E-state index contributed by atoms with van der Waals surface area (Å²) in [6.07, 6.45) is 2.99. The molecule has 0 bridgehead atoms. The van der Waals surface area contributed by atoms with Gasteiger partial charge >= 0.3 is 0 Å². The molecule has 0 aliphatic carbocycles. The molecule has 0 saturated carbocycles. The van der Waals surface area contributed by atoms with Crippen LogP contribution in [0.15, 0.2) is 46.5 Å². The van der Waals surface area contributed by atoms with Crippen molar-refractivity contribution in [3.8, 4) is 5.75 Å². The molecule has 1 N–H and O–H groups in total. The van der Waals surface area contributed by atoms with E-state index < -0.39 is 10.0 Å². The second kappa shape index (κ2) is 7.68. The van der Waals surface area contributed by atoms with Crippen molar-refractivity contribution in [2.24, 2.45) is 4.99 Å². The number of rotatable bonds is 6. The SMILES string of the molecule is COc1cc2c(c(N(C)S(=O)(=O)c3ccccn3)c1)NC(C1=NCC(C=O)S1)C2. The molecule has 3 heterocycles. The van der Waals surface area contributed by atoms with Gasteiger partial charge in [0, 0.05) is 25.7 Å². The predicted octanol–water partition coefficient (Wildman–Crippen LogP) is 1.96. The maximum absolute atomic E-state index is 13.1. The van der Waals surface area contributed by atoms with Crippen molar-refractivity contribution < 1.29 is 17.9 Å². The molecule has 1 aromatic heterocycles. The Morgan fingerprint density at radius 2 is 2.17 bits per heavy atom. The third-order valence-corrected chi connectivity index (χ3v) is 7.81. The highest BCUT2D eigenvalue weighted by atomic mass is 32.2. The number of benzene rings is 1. The molecule has 0 amide bonds. The Morgan fingerprint density at radius 1 is 1.34 bits per heavy atom. The van der Waals surface area contributed by atoms with E-state index in [0.29, 0.717) is 24.4 Å². The molecule has 2 unspecified atom stereocenters. The van der Waals surface area contributed by atoms with Gasteiger partial charge in [-0.2, -0.15) is 8.42 Å². The van der Waals surface area contributed by atoms with Crippen LogP contribution >= 0.6 is 11.8 Å². The minimum absolute atomic E-state index is 0.0295. The first-order valence-electron chi connectivity index (χ1n) is 8.97.